The van der Waals surface area contributed by atoms with Gasteiger partial charge in [0.15, 0.2) is 15.8 Å². The molecule has 1 aromatic carbocycles. The first-order valence-electron chi connectivity index (χ1n) is 8.23. The lowest BCUT2D eigenvalue weighted by molar-refractivity contribution is 0.381. The van der Waals surface area contributed by atoms with E-state index in [2.05, 4.69) is 9.89 Å². The van der Waals surface area contributed by atoms with Crippen LogP contribution in [0.4, 0.5) is 5.69 Å². The quantitative estimate of drug-likeness (QED) is 0.625. The number of nitrogens with zero attached hydrogens (tertiary/aromatic N) is 3. The Morgan fingerprint density at radius 2 is 1.79 bits per heavy atom. The lowest BCUT2D eigenvalue weighted by Gasteiger charge is -2.36. The fraction of sp³-hybridized carbons (Fsp3) is 0.562. The van der Waals surface area contributed by atoms with Gasteiger partial charge >= 0.3 is 0 Å². The van der Waals surface area contributed by atoms with Gasteiger partial charge in [-0.15, -0.1) is 0 Å². The third-order valence-corrected chi connectivity index (χ3v) is 6.97. The minimum atomic E-state index is -2.96. The molecule has 0 atom stereocenters. The van der Waals surface area contributed by atoms with Gasteiger partial charge in [-0.2, -0.15) is 0 Å². The van der Waals surface area contributed by atoms with Gasteiger partial charge in [0.2, 0.25) is 0 Å². The highest BCUT2D eigenvalue weighted by atomic mass is 35.5. The number of hydrogen-bond donors (Lipinski definition) is 1. The Bertz CT molecular complexity index is 693. The Labute approximate surface area is 148 Å². The molecule has 0 bridgehead atoms. The van der Waals surface area contributed by atoms with Gasteiger partial charge in [0, 0.05) is 36.9 Å². The van der Waals surface area contributed by atoms with Crippen LogP contribution in [0.15, 0.2) is 29.3 Å². The second-order valence-electron chi connectivity index (χ2n) is 6.26. The van der Waals surface area contributed by atoms with Crippen molar-refractivity contribution in [2.45, 2.75) is 18.1 Å². The summed E-state index contributed by atoms with van der Waals surface area (Å²) in [6.07, 6.45) is 1.60. The fourth-order valence-corrected chi connectivity index (χ4v) is 4.49. The Morgan fingerprint density at radius 1 is 1.17 bits per heavy atom. The van der Waals surface area contributed by atoms with Crippen molar-refractivity contribution in [3.05, 3.63) is 29.3 Å². The van der Waals surface area contributed by atoms with Crippen LogP contribution in [0.3, 0.4) is 0 Å². The maximum absolute atomic E-state index is 11.8. The van der Waals surface area contributed by atoms with Crippen LogP contribution in [-0.4, -0.2) is 63.0 Å². The first kappa shape index (κ1) is 17.4. The van der Waals surface area contributed by atoms with E-state index in [-0.39, 0.29) is 17.5 Å². The lowest BCUT2D eigenvalue weighted by Crippen LogP contribution is -2.51. The van der Waals surface area contributed by atoms with Gasteiger partial charge in [-0.25, -0.2) is 8.42 Å². The summed E-state index contributed by atoms with van der Waals surface area (Å²) in [4.78, 5) is 8.54. The molecule has 0 unspecified atom stereocenters. The van der Waals surface area contributed by atoms with E-state index in [4.69, 9.17) is 17.3 Å². The van der Waals surface area contributed by atoms with E-state index in [9.17, 15) is 8.42 Å². The van der Waals surface area contributed by atoms with Crippen LogP contribution in [0.5, 0.6) is 0 Å². The van der Waals surface area contributed by atoms with Gasteiger partial charge in [0.1, 0.15) is 0 Å². The molecule has 0 spiro atoms. The summed E-state index contributed by atoms with van der Waals surface area (Å²) in [5.74, 6) is 0.542. The number of hydrogen-bond acceptors (Lipinski definition) is 4. The van der Waals surface area contributed by atoms with E-state index in [1.165, 1.54) is 0 Å². The van der Waals surface area contributed by atoms with Crippen LogP contribution in [-0.2, 0) is 9.84 Å². The van der Waals surface area contributed by atoms with Gasteiger partial charge < -0.3 is 15.5 Å². The number of nitrogens with two attached hydrogens (primary N) is 1. The Kier molecular flexibility index (Phi) is 5.20. The van der Waals surface area contributed by atoms with Crippen molar-refractivity contribution in [3.63, 3.8) is 0 Å². The summed E-state index contributed by atoms with van der Waals surface area (Å²) in [6, 6.07) is 7.80. The zero-order valence-corrected chi connectivity index (χ0v) is 15.1. The molecule has 0 aromatic heterocycles. The van der Waals surface area contributed by atoms with Gasteiger partial charge in [0.05, 0.1) is 17.5 Å². The molecule has 2 aliphatic rings. The first-order valence-corrected chi connectivity index (χ1v) is 10.3. The highest BCUT2D eigenvalue weighted by Gasteiger charge is 2.34. The van der Waals surface area contributed by atoms with E-state index in [1.54, 1.807) is 0 Å². The molecule has 24 heavy (non-hydrogen) atoms. The fourth-order valence-electron chi connectivity index (χ4n) is 2.83. The zero-order valence-electron chi connectivity index (χ0n) is 13.6. The summed E-state index contributed by atoms with van der Waals surface area (Å²) in [7, 11) is -2.96. The molecule has 1 aliphatic carbocycles. The summed E-state index contributed by atoms with van der Waals surface area (Å²) in [6.45, 7) is 3.49. The number of piperazine rings is 1. The lowest BCUT2D eigenvalue weighted by atomic mass is 10.2. The highest BCUT2D eigenvalue weighted by molar-refractivity contribution is 7.92. The normalized spacial score (nSPS) is 19.6. The summed E-state index contributed by atoms with van der Waals surface area (Å²) >= 11 is 5.92. The molecule has 0 amide bonds. The van der Waals surface area contributed by atoms with Gasteiger partial charge in [-0.1, -0.05) is 11.6 Å². The van der Waals surface area contributed by atoms with E-state index < -0.39 is 9.84 Å². The Hall–Kier alpha value is -1.47. The van der Waals surface area contributed by atoms with Crippen LogP contribution in [0.2, 0.25) is 5.02 Å². The van der Waals surface area contributed by atoms with Crippen molar-refractivity contribution in [2.75, 3.05) is 43.4 Å². The zero-order chi connectivity index (χ0) is 17.2. The first-order chi connectivity index (χ1) is 11.5. The van der Waals surface area contributed by atoms with Crippen molar-refractivity contribution >= 4 is 33.1 Å². The van der Waals surface area contributed by atoms with Crippen molar-refractivity contribution < 1.29 is 8.42 Å². The largest absolute Gasteiger partial charge is 0.370 e. The molecule has 1 saturated carbocycles. The molecule has 1 saturated heterocycles. The maximum Gasteiger partial charge on any atom is 0.191 e. The summed E-state index contributed by atoms with van der Waals surface area (Å²) in [5.41, 5.74) is 7.16. The highest BCUT2D eigenvalue weighted by Crippen LogP contribution is 2.28. The average molecular weight is 371 g/mol. The standard InChI is InChI=1S/C16H23ClN4O2S/c17-13-1-3-14(4-2-13)20-8-10-21(11-9-20)16(18)19-7-12-24(22,23)15-5-6-15/h1-4,15H,5-12H2,(H2,18,19). The third kappa shape index (κ3) is 4.33. The minimum absolute atomic E-state index is 0.100. The van der Waals surface area contributed by atoms with Crippen LogP contribution in [0.1, 0.15) is 12.8 Å². The second kappa shape index (κ2) is 7.19. The van der Waals surface area contributed by atoms with E-state index in [0.29, 0.717) is 5.96 Å². The number of sulfone groups is 1. The number of guanidine groups is 1. The van der Waals surface area contributed by atoms with Gasteiger partial charge in [-0.05, 0) is 37.1 Å². The van der Waals surface area contributed by atoms with Crippen molar-refractivity contribution in [1.82, 2.24) is 4.90 Å². The molecule has 2 N–H and O–H groups in total. The third-order valence-electron chi connectivity index (χ3n) is 4.48. The molecule has 8 heteroatoms. The van der Waals surface area contributed by atoms with Crippen LogP contribution in [0, 0.1) is 0 Å². The van der Waals surface area contributed by atoms with Crippen molar-refractivity contribution in [2.24, 2.45) is 10.7 Å². The van der Waals surface area contributed by atoms with Crippen molar-refractivity contribution in [3.8, 4) is 0 Å². The monoisotopic (exact) mass is 370 g/mol. The molecule has 1 heterocycles. The van der Waals surface area contributed by atoms with E-state index in [0.717, 1.165) is 49.7 Å². The van der Waals surface area contributed by atoms with Crippen LogP contribution < -0.4 is 10.6 Å². The predicted octanol–water partition coefficient (Wildman–Crippen LogP) is 1.35. The Morgan fingerprint density at radius 3 is 2.38 bits per heavy atom. The molecule has 132 valence electrons. The number of anilines is 1. The van der Waals surface area contributed by atoms with Gasteiger partial charge in [-0.3, -0.25) is 4.99 Å². The molecule has 1 aliphatic heterocycles. The molecule has 2 fully saturated rings. The molecule has 3 rings (SSSR count). The second-order valence-corrected chi connectivity index (χ2v) is 9.09. The number of benzene rings is 1. The number of aliphatic imine (C=N–C) groups is 1. The molecule has 6 nitrogen and oxygen atoms in total. The smallest absolute Gasteiger partial charge is 0.191 e. The topological polar surface area (TPSA) is 79.0 Å². The summed E-state index contributed by atoms with van der Waals surface area (Å²) < 4.78 is 23.7. The van der Waals surface area contributed by atoms with Gasteiger partial charge in [0.25, 0.3) is 0 Å². The van der Waals surface area contributed by atoms with E-state index >= 15 is 0 Å². The average Bonchev–Trinajstić information content (AvgIpc) is 3.41. The molecular formula is C16H23ClN4O2S. The number of halogens is 1. The predicted molar refractivity (Wildman–Crippen MR) is 98.5 cm³/mol. The molecule has 0 radical (unpaired) electrons. The van der Waals surface area contributed by atoms with E-state index in [1.807, 2.05) is 29.2 Å². The maximum atomic E-state index is 11.8. The van der Waals surface area contributed by atoms with Crippen LogP contribution in [0.25, 0.3) is 0 Å². The Balaban J connectivity index is 1.48. The summed E-state index contributed by atoms with van der Waals surface area (Å²) in [5, 5.41) is 0.603. The van der Waals surface area contributed by atoms with Crippen LogP contribution >= 0.6 is 11.6 Å². The number of rotatable bonds is 5. The van der Waals surface area contributed by atoms with Crippen molar-refractivity contribution in [1.29, 1.82) is 0 Å². The minimum Gasteiger partial charge on any atom is -0.370 e. The molecule has 1 aromatic rings. The molecular weight excluding hydrogens is 348 g/mol. The SMILES string of the molecule is NC(=NCCS(=O)(=O)C1CC1)N1CCN(c2ccc(Cl)cc2)CC1.